The molecule has 0 aromatic carbocycles. The maximum absolute atomic E-state index is 4.45. The van der Waals surface area contributed by atoms with Crippen molar-refractivity contribution < 1.29 is 0 Å². The van der Waals surface area contributed by atoms with Crippen LogP contribution < -0.4 is 5.32 Å². The first kappa shape index (κ1) is 12.6. The summed E-state index contributed by atoms with van der Waals surface area (Å²) in [4.78, 5) is 0. The van der Waals surface area contributed by atoms with E-state index in [2.05, 4.69) is 41.9 Å². The van der Waals surface area contributed by atoms with Crippen LogP contribution in [0.1, 0.15) is 51.8 Å². The van der Waals surface area contributed by atoms with Gasteiger partial charge in [-0.25, -0.2) is 0 Å². The molecule has 0 amide bonds. The first-order chi connectivity index (χ1) is 8.27. The fourth-order valence-electron chi connectivity index (χ4n) is 2.60. The number of aryl methyl sites for hydroxylation is 1. The average Bonchev–Trinajstić information content (AvgIpc) is 2.86. The molecule has 0 bridgehead atoms. The molecule has 96 valence electrons. The highest BCUT2D eigenvalue weighted by atomic mass is 15.3. The topological polar surface area (TPSA) is 29.9 Å². The molecule has 1 N–H and O–H groups in total. The van der Waals surface area contributed by atoms with Crippen LogP contribution in [0.25, 0.3) is 0 Å². The Morgan fingerprint density at radius 3 is 2.82 bits per heavy atom. The molecule has 1 aliphatic carbocycles. The lowest BCUT2D eigenvalue weighted by Gasteiger charge is -2.20. The lowest BCUT2D eigenvalue weighted by Crippen LogP contribution is -2.27. The Morgan fingerprint density at radius 2 is 2.24 bits per heavy atom. The van der Waals surface area contributed by atoms with Crippen molar-refractivity contribution in [2.45, 2.75) is 52.6 Å². The average molecular weight is 235 g/mol. The summed E-state index contributed by atoms with van der Waals surface area (Å²) in [5.41, 5.74) is 1.38. The van der Waals surface area contributed by atoms with Gasteiger partial charge >= 0.3 is 0 Å². The van der Waals surface area contributed by atoms with E-state index in [1.54, 1.807) is 0 Å². The van der Waals surface area contributed by atoms with Crippen LogP contribution in [-0.2, 0) is 6.54 Å². The fourth-order valence-corrected chi connectivity index (χ4v) is 2.60. The van der Waals surface area contributed by atoms with Gasteiger partial charge in [0.1, 0.15) is 0 Å². The molecule has 3 nitrogen and oxygen atoms in total. The third kappa shape index (κ3) is 2.89. The van der Waals surface area contributed by atoms with Crippen molar-refractivity contribution in [1.29, 1.82) is 0 Å². The molecular formula is C14H25N3. The van der Waals surface area contributed by atoms with Crippen LogP contribution >= 0.6 is 0 Å². The zero-order valence-corrected chi connectivity index (χ0v) is 11.3. The van der Waals surface area contributed by atoms with E-state index in [0.29, 0.717) is 6.04 Å². The number of hydrogen-bond donors (Lipinski definition) is 1. The lowest BCUT2D eigenvalue weighted by atomic mass is 10.1. The van der Waals surface area contributed by atoms with Crippen LogP contribution in [0.4, 0.5) is 0 Å². The Morgan fingerprint density at radius 1 is 1.47 bits per heavy atom. The van der Waals surface area contributed by atoms with E-state index in [4.69, 9.17) is 0 Å². The van der Waals surface area contributed by atoms with Gasteiger partial charge in [-0.2, -0.15) is 5.10 Å². The summed E-state index contributed by atoms with van der Waals surface area (Å²) in [6, 6.07) is 2.70. The molecule has 0 saturated heterocycles. The first-order valence-corrected chi connectivity index (χ1v) is 7.03. The minimum Gasteiger partial charge on any atom is -0.308 e. The summed E-state index contributed by atoms with van der Waals surface area (Å²) in [5.74, 6) is 1.68. The third-order valence-electron chi connectivity index (χ3n) is 3.72. The molecule has 2 rings (SSSR count). The lowest BCUT2D eigenvalue weighted by molar-refractivity contribution is 0.421. The van der Waals surface area contributed by atoms with E-state index in [-0.39, 0.29) is 0 Å². The molecule has 17 heavy (non-hydrogen) atoms. The molecule has 1 aromatic rings. The Balaban J connectivity index is 2.10. The molecule has 1 aromatic heterocycles. The Kier molecular flexibility index (Phi) is 4.21. The third-order valence-corrected chi connectivity index (χ3v) is 3.72. The van der Waals surface area contributed by atoms with Crippen molar-refractivity contribution in [3.05, 3.63) is 18.0 Å². The zero-order chi connectivity index (χ0) is 12.3. The summed E-state index contributed by atoms with van der Waals surface area (Å²) in [6.45, 7) is 8.92. The molecule has 1 saturated carbocycles. The summed E-state index contributed by atoms with van der Waals surface area (Å²) in [6.07, 6.45) is 5.65. The van der Waals surface area contributed by atoms with Gasteiger partial charge in [0.25, 0.3) is 0 Å². The minimum absolute atomic E-state index is 0.513. The molecule has 0 radical (unpaired) electrons. The van der Waals surface area contributed by atoms with Gasteiger partial charge in [0.2, 0.25) is 0 Å². The summed E-state index contributed by atoms with van der Waals surface area (Å²) in [5, 5.41) is 8.15. The first-order valence-electron chi connectivity index (χ1n) is 7.03. The standard InChI is InChI=1S/C14H25N3/c1-4-7-15-14(12-10-11(12)3)13-6-8-16-17(13)9-5-2/h6,8,11-12,14-15H,4-5,7,9-10H2,1-3H3. The van der Waals surface area contributed by atoms with Gasteiger partial charge in [-0.05, 0) is 43.7 Å². The van der Waals surface area contributed by atoms with E-state index in [0.717, 1.165) is 31.3 Å². The van der Waals surface area contributed by atoms with Crippen LogP contribution in [0.3, 0.4) is 0 Å². The highest BCUT2D eigenvalue weighted by molar-refractivity contribution is 5.12. The molecule has 0 aliphatic heterocycles. The normalized spacial score (nSPS) is 24.9. The maximum Gasteiger partial charge on any atom is 0.0556 e. The highest BCUT2D eigenvalue weighted by Crippen LogP contribution is 2.46. The van der Waals surface area contributed by atoms with E-state index >= 15 is 0 Å². The van der Waals surface area contributed by atoms with Crippen LogP contribution in [-0.4, -0.2) is 16.3 Å². The Bertz CT molecular complexity index is 345. The summed E-state index contributed by atoms with van der Waals surface area (Å²) < 4.78 is 2.18. The van der Waals surface area contributed by atoms with Crippen LogP contribution in [0.5, 0.6) is 0 Å². The molecule has 1 aliphatic rings. The van der Waals surface area contributed by atoms with Crippen molar-refractivity contribution in [3.63, 3.8) is 0 Å². The molecule has 0 spiro atoms. The molecule has 1 fully saturated rings. The summed E-state index contributed by atoms with van der Waals surface area (Å²) in [7, 11) is 0. The largest absolute Gasteiger partial charge is 0.308 e. The van der Waals surface area contributed by atoms with Gasteiger partial charge in [0, 0.05) is 12.7 Å². The van der Waals surface area contributed by atoms with Crippen molar-refractivity contribution in [2.75, 3.05) is 6.54 Å². The van der Waals surface area contributed by atoms with Crippen molar-refractivity contribution in [1.82, 2.24) is 15.1 Å². The van der Waals surface area contributed by atoms with Crippen molar-refractivity contribution in [3.8, 4) is 0 Å². The number of nitrogens with one attached hydrogen (secondary N) is 1. The number of rotatable bonds is 7. The van der Waals surface area contributed by atoms with Gasteiger partial charge < -0.3 is 5.32 Å². The van der Waals surface area contributed by atoms with Gasteiger partial charge in [0.15, 0.2) is 0 Å². The molecule has 3 heteroatoms. The van der Waals surface area contributed by atoms with Gasteiger partial charge in [0.05, 0.1) is 11.7 Å². The fraction of sp³-hybridized carbons (Fsp3) is 0.786. The quantitative estimate of drug-likeness (QED) is 0.787. The monoisotopic (exact) mass is 235 g/mol. The SMILES string of the molecule is CCCNC(c1ccnn1CCC)C1CC1C. The van der Waals surface area contributed by atoms with Crippen LogP contribution in [0, 0.1) is 11.8 Å². The van der Waals surface area contributed by atoms with Crippen LogP contribution in [0.2, 0.25) is 0 Å². The predicted octanol–water partition coefficient (Wildman–Crippen LogP) is 2.99. The smallest absolute Gasteiger partial charge is 0.0556 e. The number of aromatic nitrogens is 2. The predicted molar refractivity (Wildman–Crippen MR) is 70.8 cm³/mol. The van der Waals surface area contributed by atoms with Gasteiger partial charge in [-0.1, -0.05) is 20.8 Å². The maximum atomic E-state index is 4.45. The highest BCUT2D eigenvalue weighted by Gasteiger charge is 2.41. The van der Waals surface area contributed by atoms with Gasteiger partial charge in [-0.3, -0.25) is 4.68 Å². The second kappa shape index (κ2) is 5.67. The van der Waals surface area contributed by atoms with E-state index in [9.17, 15) is 0 Å². The molecule has 3 atom stereocenters. The van der Waals surface area contributed by atoms with Crippen molar-refractivity contribution in [2.24, 2.45) is 11.8 Å². The summed E-state index contributed by atoms with van der Waals surface area (Å²) >= 11 is 0. The second-order valence-corrected chi connectivity index (χ2v) is 5.29. The van der Waals surface area contributed by atoms with Crippen LogP contribution in [0.15, 0.2) is 12.3 Å². The zero-order valence-electron chi connectivity index (χ0n) is 11.3. The molecular weight excluding hydrogens is 210 g/mol. The minimum atomic E-state index is 0.513. The molecule has 1 heterocycles. The number of nitrogens with zero attached hydrogens (tertiary/aromatic N) is 2. The second-order valence-electron chi connectivity index (χ2n) is 5.29. The molecule has 3 unspecified atom stereocenters. The Labute approximate surface area is 105 Å². The van der Waals surface area contributed by atoms with E-state index < -0.39 is 0 Å². The Hall–Kier alpha value is -0.830. The van der Waals surface area contributed by atoms with Crippen molar-refractivity contribution >= 4 is 0 Å². The van der Waals surface area contributed by atoms with E-state index in [1.165, 1.54) is 18.5 Å². The number of hydrogen-bond acceptors (Lipinski definition) is 2. The van der Waals surface area contributed by atoms with E-state index in [1.807, 2.05) is 6.20 Å². The van der Waals surface area contributed by atoms with Gasteiger partial charge in [-0.15, -0.1) is 0 Å².